The van der Waals surface area contributed by atoms with Crippen LogP contribution in [0.15, 0.2) is 24.3 Å². The fourth-order valence-electron chi connectivity index (χ4n) is 7.12. The van der Waals surface area contributed by atoms with Gasteiger partial charge in [-0.05, 0) is 49.4 Å². The summed E-state index contributed by atoms with van der Waals surface area (Å²) >= 11 is 0. The molecule has 2 saturated heterocycles. The first-order valence-corrected chi connectivity index (χ1v) is 18.8. The van der Waals surface area contributed by atoms with Gasteiger partial charge in [-0.1, -0.05) is 90.9 Å². The first-order valence-electron chi connectivity index (χ1n) is 18.8. The summed E-state index contributed by atoms with van der Waals surface area (Å²) in [4.78, 5) is 67.2. The molecular formula is C38H59N5O5. The lowest BCUT2D eigenvalue weighted by atomic mass is 9.94. The van der Waals surface area contributed by atoms with E-state index in [0.29, 0.717) is 36.4 Å². The first kappa shape index (κ1) is 37.4. The Bertz CT molecular complexity index is 1240. The second kappa shape index (κ2) is 18.9. The molecule has 48 heavy (non-hydrogen) atoms. The second-order valence-corrected chi connectivity index (χ2v) is 14.5. The van der Waals surface area contributed by atoms with Gasteiger partial charge in [-0.3, -0.25) is 24.0 Å². The molecule has 3 fully saturated rings. The van der Waals surface area contributed by atoms with Gasteiger partial charge in [-0.2, -0.15) is 0 Å². The van der Waals surface area contributed by atoms with Gasteiger partial charge in [0.25, 0.3) is 11.8 Å². The molecule has 2 heterocycles. The molecule has 5 amide bonds. The van der Waals surface area contributed by atoms with Crippen molar-refractivity contribution in [2.75, 3.05) is 26.2 Å². The second-order valence-electron chi connectivity index (χ2n) is 14.5. The van der Waals surface area contributed by atoms with Gasteiger partial charge in [-0.15, -0.1) is 0 Å². The Hall–Kier alpha value is -3.43. The highest BCUT2D eigenvalue weighted by Gasteiger charge is 2.45. The summed E-state index contributed by atoms with van der Waals surface area (Å²) in [6.07, 6.45) is 18.7. The van der Waals surface area contributed by atoms with E-state index in [1.807, 2.05) is 4.90 Å². The highest BCUT2D eigenvalue weighted by atomic mass is 16.2. The van der Waals surface area contributed by atoms with Gasteiger partial charge in [0.15, 0.2) is 0 Å². The summed E-state index contributed by atoms with van der Waals surface area (Å²) in [7, 11) is 0. The molecule has 0 radical (unpaired) electrons. The number of carbonyl (C=O) groups is 5. The lowest BCUT2D eigenvalue weighted by Crippen LogP contribution is -2.50. The van der Waals surface area contributed by atoms with E-state index in [1.165, 1.54) is 75.5 Å². The zero-order valence-corrected chi connectivity index (χ0v) is 29.4. The number of hydrogen-bond acceptors (Lipinski definition) is 5. The van der Waals surface area contributed by atoms with Crippen molar-refractivity contribution in [3.05, 3.63) is 35.4 Å². The molecule has 2 aliphatic heterocycles. The zero-order valence-electron chi connectivity index (χ0n) is 29.4. The largest absolute Gasteiger partial charge is 0.369 e. The number of piperidine rings is 1. The van der Waals surface area contributed by atoms with Gasteiger partial charge in [0, 0.05) is 55.8 Å². The van der Waals surface area contributed by atoms with Crippen LogP contribution in [-0.4, -0.2) is 77.6 Å². The fourth-order valence-corrected chi connectivity index (χ4v) is 7.12. The number of hydrogen-bond donors (Lipinski definition) is 3. The summed E-state index contributed by atoms with van der Waals surface area (Å²) in [6, 6.07) is 6.43. The number of primary amides is 1. The van der Waals surface area contributed by atoms with Gasteiger partial charge in [0.05, 0.1) is 11.8 Å². The molecule has 4 N–H and O–H groups in total. The van der Waals surface area contributed by atoms with Crippen LogP contribution in [0.2, 0.25) is 0 Å². The maximum absolute atomic E-state index is 13.3. The van der Waals surface area contributed by atoms with E-state index in [4.69, 9.17) is 5.73 Å². The quantitative estimate of drug-likeness (QED) is 0.164. The van der Waals surface area contributed by atoms with Crippen molar-refractivity contribution in [3.63, 3.8) is 0 Å². The molecule has 0 unspecified atom stereocenters. The number of benzene rings is 1. The van der Waals surface area contributed by atoms with E-state index in [1.54, 1.807) is 24.3 Å². The smallest absolute Gasteiger partial charge is 0.253 e. The van der Waals surface area contributed by atoms with Crippen LogP contribution in [0.4, 0.5) is 0 Å². The van der Waals surface area contributed by atoms with Crippen molar-refractivity contribution < 1.29 is 24.0 Å². The third-order valence-electron chi connectivity index (χ3n) is 10.5. The van der Waals surface area contributed by atoms with Crippen molar-refractivity contribution in [3.8, 4) is 0 Å². The molecule has 1 aliphatic carbocycles. The molecule has 5 atom stereocenters. The zero-order chi connectivity index (χ0) is 34.5. The summed E-state index contributed by atoms with van der Waals surface area (Å²) < 4.78 is 0. The van der Waals surface area contributed by atoms with E-state index in [0.717, 1.165) is 25.8 Å². The Balaban J connectivity index is 1.15. The number of nitrogens with zero attached hydrogens (tertiary/aromatic N) is 2. The molecule has 0 spiro atoms. The van der Waals surface area contributed by atoms with Crippen LogP contribution in [0.25, 0.3) is 0 Å². The minimum atomic E-state index is -0.737. The van der Waals surface area contributed by atoms with E-state index in [-0.39, 0.29) is 48.8 Å². The predicted molar refractivity (Wildman–Crippen MR) is 187 cm³/mol. The Morgan fingerprint density at radius 2 is 1.31 bits per heavy atom. The van der Waals surface area contributed by atoms with Gasteiger partial charge in [0.2, 0.25) is 17.7 Å². The number of likely N-dealkylation sites (tertiary alicyclic amines) is 2. The maximum Gasteiger partial charge on any atom is 0.253 e. The van der Waals surface area contributed by atoms with Crippen LogP contribution in [0.5, 0.6) is 0 Å². The lowest BCUT2D eigenvalue weighted by molar-refractivity contribution is -0.134. The van der Waals surface area contributed by atoms with Crippen LogP contribution in [-0.2, 0) is 14.4 Å². The molecule has 10 heteroatoms. The molecule has 4 rings (SSSR count). The lowest BCUT2D eigenvalue weighted by Gasteiger charge is -2.33. The Labute approximate surface area is 287 Å². The highest BCUT2D eigenvalue weighted by molar-refractivity contribution is 5.99. The number of nitrogens with one attached hydrogen (secondary N) is 2. The van der Waals surface area contributed by atoms with E-state index < -0.39 is 17.7 Å². The summed E-state index contributed by atoms with van der Waals surface area (Å²) in [5.41, 5.74) is 6.40. The van der Waals surface area contributed by atoms with E-state index in [2.05, 4.69) is 24.5 Å². The van der Waals surface area contributed by atoms with Crippen molar-refractivity contribution >= 4 is 29.5 Å². The Morgan fingerprint density at radius 3 is 1.88 bits per heavy atom. The summed E-state index contributed by atoms with van der Waals surface area (Å²) in [6.45, 7) is 5.77. The Kier molecular flexibility index (Phi) is 14.8. The van der Waals surface area contributed by atoms with E-state index in [9.17, 15) is 24.0 Å². The summed E-state index contributed by atoms with van der Waals surface area (Å²) in [5, 5.41) is 6.04. The normalized spacial score (nSPS) is 23.6. The average Bonchev–Trinajstić information content (AvgIpc) is 3.57. The van der Waals surface area contributed by atoms with Crippen LogP contribution in [0.1, 0.15) is 137 Å². The van der Waals surface area contributed by atoms with Gasteiger partial charge >= 0.3 is 0 Å². The standard InChI is InChI=1S/C38H59N5O5/c1-3-4-5-6-7-8-9-10-11-12-13-14-15-22-42-24-30(20-21-34(42)44)40-36(46)28-16-18-29(19-17-28)38(48)43-25-31(35(39)45)32(26-43)37(47)41-33-23-27(33)2/h16-19,27,30-33H,3-15,20-26H2,1-2H3,(H2,39,45)(H,40,46)(H,41,47)/t27-,30-,31+,32+,33-/m0/s1. The monoisotopic (exact) mass is 665 g/mol. The molecule has 1 saturated carbocycles. The highest BCUT2D eigenvalue weighted by Crippen LogP contribution is 2.31. The molecule has 10 nitrogen and oxygen atoms in total. The van der Waals surface area contributed by atoms with Crippen LogP contribution >= 0.6 is 0 Å². The number of nitrogens with two attached hydrogens (primary N) is 1. The topological polar surface area (TPSA) is 142 Å². The van der Waals surface area contributed by atoms with Crippen LogP contribution < -0.4 is 16.4 Å². The molecule has 266 valence electrons. The first-order chi connectivity index (χ1) is 23.2. The Morgan fingerprint density at radius 1 is 0.771 bits per heavy atom. The maximum atomic E-state index is 13.3. The molecule has 1 aromatic rings. The molecular weight excluding hydrogens is 606 g/mol. The molecule has 0 bridgehead atoms. The third kappa shape index (κ3) is 11.3. The molecule has 1 aromatic carbocycles. The SMILES string of the molecule is CCCCCCCCCCCCCCCN1C[C@@H](NC(=O)c2ccc(C(=O)N3C[C@@H](C(N)=O)[C@H](C(=O)N[C@H]4C[C@@H]4C)C3)cc2)CCC1=O. The van der Waals surface area contributed by atoms with Crippen molar-refractivity contribution in [2.24, 2.45) is 23.5 Å². The molecule has 0 aromatic heterocycles. The molecule has 3 aliphatic rings. The average molecular weight is 666 g/mol. The van der Waals surface area contributed by atoms with Crippen molar-refractivity contribution in [1.29, 1.82) is 0 Å². The van der Waals surface area contributed by atoms with Crippen molar-refractivity contribution in [2.45, 2.75) is 129 Å². The predicted octanol–water partition coefficient (Wildman–Crippen LogP) is 5.20. The fraction of sp³-hybridized carbons (Fsp3) is 0.711. The minimum absolute atomic E-state index is 0.0882. The number of carbonyl (C=O) groups excluding carboxylic acids is 5. The summed E-state index contributed by atoms with van der Waals surface area (Å²) in [5.74, 6) is -2.20. The number of rotatable bonds is 20. The van der Waals surface area contributed by atoms with Gasteiger partial charge < -0.3 is 26.2 Å². The third-order valence-corrected chi connectivity index (χ3v) is 10.5. The van der Waals surface area contributed by atoms with Crippen molar-refractivity contribution in [1.82, 2.24) is 20.4 Å². The van der Waals surface area contributed by atoms with Crippen LogP contribution in [0, 0.1) is 17.8 Å². The minimum Gasteiger partial charge on any atom is -0.369 e. The van der Waals surface area contributed by atoms with Gasteiger partial charge in [-0.25, -0.2) is 0 Å². The van der Waals surface area contributed by atoms with Crippen LogP contribution in [0.3, 0.4) is 0 Å². The van der Waals surface area contributed by atoms with E-state index >= 15 is 0 Å². The number of unbranched alkanes of at least 4 members (excludes halogenated alkanes) is 12. The van der Waals surface area contributed by atoms with Gasteiger partial charge in [0.1, 0.15) is 0 Å². The number of amides is 5.